The van der Waals surface area contributed by atoms with Gasteiger partial charge in [-0.05, 0) is 12.1 Å². The third-order valence-electron chi connectivity index (χ3n) is 3.12. The Morgan fingerprint density at radius 2 is 2.29 bits per heavy atom. The summed E-state index contributed by atoms with van der Waals surface area (Å²) in [6.45, 7) is 0.462. The normalized spacial score (nSPS) is 11.0. The zero-order valence-electron chi connectivity index (χ0n) is 11.2. The van der Waals surface area contributed by atoms with Gasteiger partial charge in [-0.1, -0.05) is 17.7 Å². The van der Waals surface area contributed by atoms with Crippen LogP contribution in [0.2, 0.25) is 5.02 Å². The van der Waals surface area contributed by atoms with E-state index in [4.69, 9.17) is 17.3 Å². The zero-order valence-corrected chi connectivity index (χ0v) is 13.6. The minimum atomic E-state index is -0.113. The number of anilines is 1. The van der Waals surface area contributed by atoms with Gasteiger partial charge in [-0.2, -0.15) is 0 Å². The molecule has 0 aliphatic heterocycles. The summed E-state index contributed by atoms with van der Waals surface area (Å²) in [5.74, 6) is -0.113. The Hall–Kier alpha value is -1.63. The predicted molar refractivity (Wildman–Crippen MR) is 89.2 cm³/mol. The number of thiophene rings is 1. The Morgan fingerprint density at radius 1 is 1.48 bits per heavy atom. The Labute approximate surface area is 134 Å². The van der Waals surface area contributed by atoms with Crippen LogP contribution >= 0.6 is 34.3 Å². The van der Waals surface area contributed by atoms with Crippen molar-refractivity contribution in [3.8, 4) is 0 Å². The van der Waals surface area contributed by atoms with Gasteiger partial charge in [0.05, 0.1) is 28.5 Å². The topological polar surface area (TPSA) is 59.2 Å². The van der Waals surface area contributed by atoms with Crippen molar-refractivity contribution >= 4 is 56.0 Å². The fourth-order valence-corrected chi connectivity index (χ4v) is 4.12. The van der Waals surface area contributed by atoms with Gasteiger partial charge in [-0.15, -0.1) is 22.7 Å². The highest BCUT2D eigenvalue weighted by Crippen LogP contribution is 2.38. The van der Waals surface area contributed by atoms with E-state index in [9.17, 15) is 4.79 Å². The maximum absolute atomic E-state index is 12.6. The van der Waals surface area contributed by atoms with Crippen molar-refractivity contribution in [3.63, 3.8) is 0 Å². The smallest absolute Gasteiger partial charge is 0.266 e. The number of nitrogen functional groups attached to an aromatic ring is 1. The lowest BCUT2D eigenvalue weighted by Crippen LogP contribution is -2.26. The van der Waals surface area contributed by atoms with Crippen molar-refractivity contribution in [1.29, 1.82) is 0 Å². The van der Waals surface area contributed by atoms with E-state index in [1.54, 1.807) is 23.5 Å². The maximum Gasteiger partial charge on any atom is 0.266 e. The molecule has 2 heterocycles. The quantitative estimate of drug-likeness (QED) is 0.789. The molecule has 4 nitrogen and oxygen atoms in total. The Kier molecular flexibility index (Phi) is 3.84. The van der Waals surface area contributed by atoms with Gasteiger partial charge >= 0.3 is 0 Å². The van der Waals surface area contributed by atoms with Crippen molar-refractivity contribution in [2.24, 2.45) is 0 Å². The molecule has 0 fully saturated rings. The molecule has 0 saturated heterocycles. The monoisotopic (exact) mass is 337 g/mol. The number of rotatable bonds is 3. The van der Waals surface area contributed by atoms with Crippen LogP contribution in [0.25, 0.3) is 10.1 Å². The molecule has 3 rings (SSSR count). The van der Waals surface area contributed by atoms with E-state index in [0.717, 1.165) is 15.8 Å². The molecule has 0 spiro atoms. The summed E-state index contributed by atoms with van der Waals surface area (Å²) in [6.07, 6.45) is 0. The van der Waals surface area contributed by atoms with Gasteiger partial charge in [0.15, 0.2) is 0 Å². The van der Waals surface area contributed by atoms with Crippen LogP contribution in [0.4, 0.5) is 5.69 Å². The molecule has 0 bridgehead atoms. The molecule has 0 saturated carbocycles. The van der Waals surface area contributed by atoms with Crippen molar-refractivity contribution in [3.05, 3.63) is 44.7 Å². The zero-order chi connectivity index (χ0) is 15.0. The van der Waals surface area contributed by atoms with Gasteiger partial charge in [-0.25, -0.2) is 4.98 Å². The van der Waals surface area contributed by atoms with Crippen LogP contribution in [0.15, 0.2) is 29.1 Å². The lowest BCUT2D eigenvalue weighted by atomic mass is 10.2. The van der Waals surface area contributed by atoms with Crippen LogP contribution in [0, 0.1) is 0 Å². The molecule has 3 aromatic rings. The summed E-state index contributed by atoms with van der Waals surface area (Å²) in [7, 11) is 1.74. The third-order valence-corrected chi connectivity index (χ3v) is 5.23. The molecule has 2 aromatic heterocycles. The molecule has 0 unspecified atom stereocenters. The standard InChI is InChI=1S/C14H12ClN3OS2/c1-18(5-8-6-20-7-17-8)14(19)13-12(16)11-9(15)3-2-4-10(11)21-13/h2-4,6-7H,5,16H2,1H3. The predicted octanol–water partition coefficient (Wildman–Crippen LogP) is 3.87. The number of fused-ring (bicyclic) bond motifs is 1. The summed E-state index contributed by atoms with van der Waals surface area (Å²) < 4.78 is 0.922. The van der Waals surface area contributed by atoms with Crippen LogP contribution < -0.4 is 5.73 Å². The Bertz CT molecular complexity index is 798. The first kappa shape index (κ1) is 14.3. The average molecular weight is 338 g/mol. The molecule has 1 amide bonds. The summed E-state index contributed by atoms with van der Waals surface area (Å²) in [6, 6.07) is 5.55. The fourth-order valence-electron chi connectivity index (χ4n) is 2.09. The number of aromatic nitrogens is 1. The van der Waals surface area contributed by atoms with E-state index >= 15 is 0 Å². The number of thiazole rings is 1. The lowest BCUT2D eigenvalue weighted by Gasteiger charge is -2.15. The van der Waals surface area contributed by atoms with E-state index in [1.165, 1.54) is 22.7 Å². The van der Waals surface area contributed by atoms with Gasteiger partial charge < -0.3 is 10.6 Å². The minimum Gasteiger partial charge on any atom is -0.397 e. The number of nitrogens with zero attached hydrogens (tertiary/aromatic N) is 2. The second kappa shape index (κ2) is 5.63. The van der Waals surface area contributed by atoms with Gasteiger partial charge in [0.2, 0.25) is 0 Å². The van der Waals surface area contributed by atoms with Crippen LogP contribution in [0.3, 0.4) is 0 Å². The lowest BCUT2D eigenvalue weighted by molar-refractivity contribution is 0.0789. The van der Waals surface area contributed by atoms with Crippen LogP contribution in [-0.4, -0.2) is 22.8 Å². The molecular formula is C14H12ClN3OS2. The van der Waals surface area contributed by atoms with Crippen LogP contribution in [0.5, 0.6) is 0 Å². The molecule has 1 aromatic carbocycles. The van der Waals surface area contributed by atoms with E-state index < -0.39 is 0 Å². The highest BCUT2D eigenvalue weighted by Gasteiger charge is 2.21. The number of hydrogen-bond donors (Lipinski definition) is 1. The molecule has 0 aliphatic carbocycles. The van der Waals surface area contributed by atoms with E-state index in [0.29, 0.717) is 22.1 Å². The van der Waals surface area contributed by atoms with Crippen molar-refractivity contribution < 1.29 is 4.79 Å². The molecule has 108 valence electrons. The number of carbonyl (C=O) groups is 1. The Morgan fingerprint density at radius 3 is 2.95 bits per heavy atom. The molecular weight excluding hydrogens is 326 g/mol. The highest BCUT2D eigenvalue weighted by molar-refractivity contribution is 7.21. The van der Waals surface area contributed by atoms with E-state index in [-0.39, 0.29) is 5.91 Å². The van der Waals surface area contributed by atoms with Crippen LogP contribution in [-0.2, 0) is 6.54 Å². The highest BCUT2D eigenvalue weighted by atomic mass is 35.5. The second-order valence-electron chi connectivity index (χ2n) is 4.60. The van der Waals surface area contributed by atoms with Gasteiger partial charge in [0.1, 0.15) is 4.88 Å². The summed E-state index contributed by atoms with van der Waals surface area (Å²) in [4.78, 5) is 18.9. The molecule has 2 N–H and O–H groups in total. The third kappa shape index (κ3) is 2.62. The number of benzene rings is 1. The summed E-state index contributed by atoms with van der Waals surface area (Å²) in [5.41, 5.74) is 9.19. The van der Waals surface area contributed by atoms with Gasteiger partial charge in [0.25, 0.3) is 5.91 Å². The molecule has 0 radical (unpaired) electrons. The summed E-state index contributed by atoms with van der Waals surface area (Å²) in [5, 5.41) is 3.26. The number of hydrogen-bond acceptors (Lipinski definition) is 5. The first-order valence-electron chi connectivity index (χ1n) is 6.17. The molecule has 0 aliphatic rings. The first-order valence-corrected chi connectivity index (χ1v) is 8.30. The van der Waals surface area contributed by atoms with Gasteiger partial charge in [0, 0.05) is 22.5 Å². The number of halogens is 1. The number of amides is 1. The maximum atomic E-state index is 12.6. The summed E-state index contributed by atoms with van der Waals surface area (Å²) >= 11 is 9.05. The van der Waals surface area contributed by atoms with Crippen molar-refractivity contribution in [2.45, 2.75) is 6.54 Å². The number of nitrogens with two attached hydrogens (primary N) is 1. The molecule has 7 heteroatoms. The van der Waals surface area contributed by atoms with Crippen molar-refractivity contribution in [1.82, 2.24) is 9.88 Å². The molecule has 0 atom stereocenters. The molecule has 21 heavy (non-hydrogen) atoms. The van der Waals surface area contributed by atoms with Crippen molar-refractivity contribution in [2.75, 3.05) is 12.8 Å². The van der Waals surface area contributed by atoms with Crippen LogP contribution in [0.1, 0.15) is 15.4 Å². The largest absolute Gasteiger partial charge is 0.397 e. The van der Waals surface area contributed by atoms with E-state index in [2.05, 4.69) is 4.98 Å². The second-order valence-corrected chi connectivity index (χ2v) is 6.78. The fraction of sp³-hybridized carbons (Fsp3) is 0.143. The number of carbonyl (C=O) groups excluding carboxylic acids is 1. The average Bonchev–Trinajstić information content (AvgIpc) is 3.07. The Balaban J connectivity index is 1.94. The SMILES string of the molecule is CN(Cc1cscn1)C(=O)c1sc2cccc(Cl)c2c1N. The minimum absolute atomic E-state index is 0.113. The van der Waals surface area contributed by atoms with Gasteiger partial charge in [-0.3, -0.25) is 4.79 Å². The first-order chi connectivity index (χ1) is 10.1. The van der Waals surface area contributed by atoms with E-state index in [1.807, 2.05) is 17.5 Å².